The van der Waals surface area contributed by atoms with Gasteiger partial charge in [-0.05, 0) is 38.4 Å². The second-order valence-corrected chi connectivity index (χ2v) is 4.97. The molecule has 0 aromatic heterocycles. The van der Waals surface area contributed by atoms with Crippen LogP contribution in [0.25, 0.3) is 0 Å². The fourth-order valence-electron chi connectivity index (χ4n) is 2.41. The van der Waals surface area contributed by atoms with Crippen LogP contribution in [-0.4, -0.2) is 37.0 Å². The van der Waals surface area contributed by atoms with E-state index in [2.05, 4.69) is 17.1 Å². The summed E-state index contributed by atoms with van der Waals surface area (Å²) in [5.74, 6) is 0.569. The van der Waals surface area contributed by atoms with E-state index >= 15 is 0 Å². The van der Waals surface area contributed by atoms with Gasteiger partial charge in [0, 0.05) is 17.8 Å². The molecule has 1 aliphatic rings. The minimum absolute atomic E-state index is 0.0168. The molecule has 1 heterocycles. The van der Waals surface area contributed by atoms with E-state index in [1.165, 1.54) is 12.8 Å². The molecular formula is C14H21N3O2. The van der Waals surface area contributed by atoms with Crippen molar-refractivity contribution in [2.45, 2.75) is 25.8 Å². The standard InChI is InChI=1S/C14H21N3O2/c1-10-4-3-7-17(10)9-14(18)16-12-6-5-11(15)8-13(12)19-2/h5-6,8,10H,3-4,7,9,15H2,1-2H3,(H,16,18). The lowest BCUT2D eigenvalue weighted by atomic mass is 10.2. The van der Waals surface area contributed by atoms with Crippen molar-refractivity contribution < 1.29 is 9.53 Å². The number of nitrogens with one attached hydrogen (secondary N) is 1. The third-order valence-corrected chi connectivity index (χ3v) is 3.54. The monoisotopic (exact) mass is 263 g/mol. The summed E-state index contributed by atoms with van der Waals surface area (Å²) in [5.41, 5.74) is 6.96. The van der Waals surface area contributed by atoms with E-state index in [-0.39, 0.29) is 5.91 Å². The highest BCUT2D eigenvalue weighted by Gasteiger charge is 2.22. The maximum atomic E-state index is 12.0. The van der Waals surface area contributed by atoms with Gasteiger partial charge in [-0.2, -0.15) is 0 Å². The average Bonchev–Trinajstić information content (AvgIpc) is 2.77. The molecule has 1 fully saturated rings. The summed E-state index contributed by atoms with van der Waals surface area (Å²) >= 11 is 0. The number of carbonyl (C=O) groups excluding carboxylic acids is 1. The number of rotatable bonds is 4. The Morgan fingerprint density at radius 2 is 2.37 bits per heavy atom. The van der Waals surface area contributed by atoms with Gasteiger partial charge in [-0.25, -0.2) is 0 Å². The predicted molar refractivity (Wildman–Crippen MR) is 76.3 cm³/mol. The first-order valence-electron chi connectivity index (χ1n) is 6.57. The Morgan fingerprint density at radius 3 is 3.00 bits per heavy atom. The molecule has 3 N–H and O–H groups in total. The molecule has 1 amide bonds. The molecule has 0 bridgehead atoms. The lowest BCUT2D eigenvalue weighted by Crippen LogP contribution is -2.35. The van der Waals surface area contributed by atoms with E-state index < -0.39 is 0 Å². The molecule has 5 nitrogen and oxygen atoms in total. The molecule has 1 unspecified atom stereocenters. The summed E-state index contributed by atoms with van der Waals surface area (Å²) in [6, 6.07) is 5.70. The first-order chi connectivity index (χ1) is 9.10. The van der Waals surface area contributed by atoms with Crippen molar-refractivity contribution in [1.82, 2.24) is 4.90 Å². The van der Waals surface area contributed by atoms with E-state index in [0.29, 0.717) is 29.7 Å². The Bertz CT molecular complexity index is 462. The van der Waals surface area contributed by atoms with Crippen molar-refractivity contribution in [3.8, 4) is 5.75 Å². The van der Waals surface area contributed by atoms with Crippen molar-refractivity contribution in [2.75, 3.05) is 31.2 Å². The Kier molecular flexibility index (Phi) is 4.27. The highest BCUT2D eigenvalue weighted by atomic mass is 16.5. The molecule has 0 saturated carbocycles. The number of amides is 1. The van der Waals surface area contributed by atoms with E-state index in [4.69, 9.17) is 10.5 Å². The minimum atomic E-state index is -0.0168. The molecule has 0 aliphatic carbocycles. The van der Waals surface area contributed by atoms with Gasteiger partial charge < -0.3 is 15.8 Å². The summed E-state index contributed by atoms with van der Waals surface area (Å²) in [6.45, 7) is 3.58. The largest absolute Gasteiger partial charge is 0.494 e. The zero-order valence-corrected chi connectivity index (χ0v) is 11.5. The maximum absolute atomic E-state index is 12.0. The molecule has 1 aromatic carbocycles. The zero-order chi connectivity index (χ0) is 13.8. The highest BCUT2D eigenvalue weighted by molar-refractivity contribution is 5.94. The molecule has 2 rings (SSSR count). The van der Waals surface area contributed by atoms with Crippen molar-refractivity contribution in [2.24, 2.45) is 0 Å². The van der Waals surface area contributed by atoms with Crippen LogP contribution < -0.4 is 15.8 Å². The number of carbonyl (C=O) groups is 1. The number of hydrogen-bond acceptors (Lipinski definition) is 4. The van der Waals surface area contributed by atoms with Crippen LogP contribution in [0.2, 0.25) is 0 Å². The minimum Gasteiger partial charge on any atom is -0.494 e. The number of nitrogen functional groups attached to an aromatic ring is 1. The van der Waals surface area contributed by atoms with Crippen LogP contribution in [0.1, 0.15) is 19.8 Å². The number of anilines is 2. The van der Waals surface area contributed by atoms with Gasteiger partial charge in [-0.1, -0.05) is 0 Å². The first-order valence-corrected chi connectivity index (χ1v) is 6.57. The lowest BCUT2D eigenvalue weighted by molar-refractivity contribution is -0.117. The van der Waals surface area contributed by atoms with Gasteiger partial charge in [0.2, 0.25) is 5.91 Å². The van der Waals surface area contributed by atoms with E-state index in [1.54, 1.807) is 25.3 Å². The molecule has 104 valence electrons. The number of benzene rings is 1. The molecule has 19 heavy (non-hydrogen) atoms. The zero-order valence-electron chi connectivity index (χ0n) is 11.5. The summed E-state index contributed by atoms with van der Waals surface area (Å²) < 4.78 is 5.21. The normalized spacial score (nSPS) is 19.4. The third-order valence-electron chi connectivity index (χ3n) is 3.54. The van der Waals surface area contributed by atoms with Crippen LogP contribution in [0, 0.1) is 0 Å². The Labute approximate surface area is 113 Å². The smallest absolute Gasteiger partial charge is 0.238 e. The van der Waals surface area contributed by atoms with Gasteiger partial charge in [-0.15, -0.1) is 0 Å². The van der Waals surface area contributed by atoms with Gasteiger partial charge in [0.1, 0.15) is 5.75 Å². The molecule has 1 aromatic rings. The van der Waals surface area contributed by atoms with Crippen molar-refractivity contribution in [1.29, 1.82) is 0 Å². The number of methoxy groups -OCH3 is 1. The molecule has 5 heteroatoms. The number of likely N-dealkylation sites (tertiary alicyclic amines) is 1. The van der Waals surface area contributed by atoms with E-state index in [1.807, 2.05) is 0 Å². The summed E-state index contributed by atoms with van der Waals surface area (Å²) in [6.07, 6.45) is 2.33. The number of ether oxygens (including phenoxy) is 1. The molecule has 1 aliphatic heterocycles. The van der Waals surface area contributed by atoms with Crippen LogP contribution >= 0.6 is 0 Å². The SMILES string of the molecule is COc1cc(N)ccc1NC(=O)CN1CCCC1C. The Balaban J connectivity index is 1.98. The first kappa shape index (κ1) is 13.7. The summed E-state index contributed by atoms with van der Waals surface area (Å²) in [4.78, 5) is 14.2. The Hall–Kier alpha value is -1.75. The second-order valence-electron chi connectivity index (χ2n) is 4.97. The fourth-order valence-corrected chi connectivity index (χ4v) is 2.41. The van der Waals surface area contributed by atoms with Crippen molar-refractivity contribution in [3.63, 3.8) is 0 Å². The van der Waals surface area contributed by atoms with E-state index in [0.717, 1.165) is 6.54 Å². The summed E-state index contributed by atoms with van der Waals surface area (Å²) in [5, 5.41) is 2.87. The summed E-state index contributed by atoms with van der Waals surface area (Å²) in [7, 11) is 1.56. The fraction of sp³-hybridized carbons (Fsp3) is 0.500. The van der Waals surface area contributed by atoms with Gasteiger partial charge in [0.25, 0.3) is 0 Å². The highest BCUT2D eigenvalue weighted by Crippen LogP contribution is 2.26. The van der Waals surface area contributed by atoms with Crippen LogP contribution in [0.4, 0.5) is 11.4 Å². The molecule has 1 atom stereocenters. The molecule has 0 spiro atoms. The molecular weight excluding hydrogens is 242 g/mol. The molecule has 1 saturated heterocycles. The number of nitrogens with zero attached hydrogens (tertiary/aromatic N) is 1. The third kappa shape index (κ3) is 3.38. The van der Waals surface area contributed by atoms with Gasteiger partial charge in [-0.3, -0.25) is 9.69 Å². The van der Waals surface area contributed by atoms with Crippen LogP contribution in [-0.2, 0) is 4.79 Å². The van der Waals surface area contributed by atoms with E-state index in [9.17, 15) is 4.79 Å². The van der Waals surface area contributed by atoms with Crippen molar-refractivity contribution in [3.05, 3.63) is 18.2 Å². The van der Waals surface area contributed by atoms with Gasteiger partial charge in [0.15, 0.2) is 0 Å². The lowest BCUT2D eigenvalue weighted by Gasteiger charge is -2.20. The van der Waals surface area contributed by atoms with Crippen LogP contribution in [0.15, 0.2) is 18.2 Å². The average molecular weight is 263 g/mol. The Morgan fingerprint density at radius 1 is 1.58 bits per heavy atom. The van der Waals surface area contributed by atoms with Gasteiger partial charge in [0.05, 0.1) is 19.3 Å². The van der Waals surface area contributed by atoms with Crippen LogP contribution in [0.3, 0.4) is 0 Å². The maximum Gasteiger partial charge on any atom is 0.238 e. The molecule has 0 radical (unpaired) electrons. The second kappa shape index (κ2) is 5.93. The number of hydrogen-bond donors (Lipinski definition) is 2. The van der Waals surface area contributed by atoms with Gasteiger partial charge >= 0.3 is 0 Å². The number of nitrogens with two attached hydrogens (primary N) is 1. The predicted octanol–water partition coefficient (Wildman–Crippen LogP) is 1.70. The van der Waals surface area contributed by atoms with Crippen LogP contribution in [0.5, 0.6) is 5.75 Å². The topological polar surface area (TPSA) is 67.6 Å². The quantitative estimate of drug-likeness (QED) is 0.811. The van der Waals surface area contributed by atoms with Crippen molar-refractivity contribution >= 4 is 17.3 Å².